The number of rotatable bonds is 6. The van der Waals surface area contributed by atoms with Crippen molar-refractivity contribution in [3.8, 4) is 0 Å². The fourth-order valence-electron chi connectivity index (χ4n) is 3.52. The van der Waals surface area contributed by atoms with Crippen LogP contribution in [0.5, 0.6) is 0 Å². The molecule has 116 valence electrons. The van der Waals surface area contributed by atoms with Crippen LogP contribution in [0.3, 0.4) is 0 Å². The fraction of sp³-hybridized carbons (Fsp3) is 0.941. The van der Waals surface area contributed by atoms with E-state index in [4.69, 9.17) is 0 Å². The lowest BCUT2D eigenvalue weighted by molar-refractivity contribution is -0.133. The summed E-state index contributed by atoms with van der Waals surface area (Å²) in [6.07, 6.45) is 6.77. The number of carbonyl (C=O) groups excluding carboxylic acids is 1. The second kappa shape index (κ2) is 6.46. The van der Waals surface area contributed by atoms with E-state index in [2.05, 4.69) is 37.9 Å². The van der Waals surface area contributed by atoms with Gasteiger partial charge in [0, 0.05) is 25.0 Å². The van der Waals surface area contributed by atoms with Crippen LogP contribution in [0.15, 0.2) is 0 Å². The van der Waals surface area contributed by atoms with Gasteiger partial charge < -0.3 is 10.2 Å². The molecule has 2 fully saturated rings. The molecule has 1 saturated heterocycles. The minimum Gasteiger partial charge on any atom is -0.338 e. The van der Waals surface area contributed by atoms with E-state index in [9.17, 15) is 4.79 Å². The summed E-state index contributed by atoms with van der Waals surface area (Å²) >= 11 is 0. The van der Waals surface area contributed by atoms with Gasteiger partial charge in [0.25, 0.3) is 0 Å². The van der Waals surface area contributed by atoms with Gasteiger partial charge in [-0.05, 0) is 50.0 Å². The first-order chi connectivity index (χ1) is 9.35. The Morgan fingerprint density at radius 3 is 2.50 bits per heavy atom. The van der Waals surface area contributed by atoms with Crippen LogP contribution in [-0.4, -0.2) is 36.0 Å². The Labute approximate surface area is 124 Å². The highest BCUT2D eigenvalue weighted by molar-refractivity contribution is 5.77. The Bertz CT molecular complexity index is 324. The van der Waals surface area contributed by atoms with Gasteiger partial charge >= 0.3 is 0 Å². The molecule has 0 aromatic heterocycles. The van der Waals surface area contributed by atoms with Crippen molar-refractivity contribution in [1.29, 1.82) is 0 Å². The minimum atomic E-state index is 0.317. The molecule has 2 aliphatic rings. The van der Waals surface area contributed by atoms with Crippen molar-refractivity contribution < 1.29 is 4.79 Å². The normalized spacial score (nSPS) is 24.7. The lowest BCUT2D eigenvalue weighted by Crippen LogP contribution is -2.43. The highest BCUT2D eigenvalue weighted by Crippen LogP contribution is 2.31. The van der Waals surface area contributed by atoms with Crippen molar-refractivity contribution in [3.63, 3.8) is 0 Å². The number of hydrogen-bond donors (Lipinski definition) is 1. The predicted molar refractivity (Wildman–Crippen MR) is 83.6 cm³/mol. The summed E-state index contributed by atoms with van der Waals surface area (Å²) in [5, 5.41) is 3.52. The third-order valence-electron chi connectivity index (χ3n) is 4.37. The van der Waals surface area contributed by atoms with Crippen LogP contribution in [0.2, 0.25) is 0 Å². The number of nitrogens with zero attached hydrogens (tertiary/aromatic N) is 1. The molecule has 1 amide bonds. The van der Waals surface area contributed by atoms with Crippen molar-refractivity contribution in [2.45, 2.75) is 78.3 Å². The van der Waals surface area contributed by atoms with Gasteiger partial charge in [-0.1, -0.05) is 27.7 Å². The van der Waals surface area contributed by atoms with E-state index in [1.807, 2.05) is 0 Å². The number of hydrogen-bond acceptors (Lipinski definition) is 2. The zero-order valence-electron chi connectivity index (χ0n) is 13.7. The summed E-state index contributed by atoms with van der Waals surface area (Å²) < 4.78 is 0. The van der Waals surface area contributed by atoms with E-state index in [1.54, 1.807) is 0 Å². The Hall–Kier alpha value is -0.570. The summed E-state index contributed by atoms with van der Waals surface area (Å²) in [6.45, 7) is 11.1. The van der Waals surface area contributed by atoms with Crippen LogP contribution in [0, 0.1) is 11.3 Å². The van der Waals surface area contributed by atoms with Gasteiger partial charge in [-0.15, -0.1) is 0 Å². The Morgan fingerprint density at radius 1 is 1.30 bits per heavy atom. The molecule has 1 aliphatic carbocycles. The second-order valence-electron chi connectivity index (χ2n) is 8.14. The average Bonchev–Trinajstić information content (AvgIpc) is 3.00. The van der Waals surface area contributed by atoms with Gasteiger partial charge in [0.1, 0.15) is 0 Å². The van der Waals surface area contributed by atoms with E-state index < -0.39 is 0 Å². The monoisotopic (exact) mass is 280 g/mol. The van der Waals surface area contributed by atoms with Crippen LogP contribution < -0.4 is 5.32 Å². The lowest BCUT2D eigenvalue weighted by atomic mass is 9.84. The molecule has 3 nitrogen and oxygen atoms in total. The van der Waals surface area contributed by atoms with Crippen LogP contribution in [0.1, 0.15) is 66.2 Å². The van der Waals surface area contributed by atoms with Crippen molar-refractivity contribution in [1.82, 2.24) is 10.2 Å². The molecule has 3 heteroatoms. The van der Waals surface area contributed by atoms with E-state index >= 15 is 0 Å². The summed E-state index contributed by atoms with van der Waals surface area (Å²) in [7, 11) is 0. The maximum Gasteiger partial charge on any atom is 0.223 e. The van der Waals surface area contributed by atoms with Gasteiger partial charge in [0.15, 0.2) is 0 Å². The summed E-state index contributed by atoms with van der Waals surface area (Å²) in [4.78, 5) is 14.8. The third kappa shape index (κ3) is 5.08. The highest BCUT2D eigenvalue weighted by Gasteiger charge is 2.35. The van der Waals surface area contributed by atoms with E-state index in [1.165, 1.54) is 25.7 Å². The first-order valence-electron chi connectivity index (χ1n) is 8.38. The minimum absolute atomic E-state index is 0.317. The number of amides is 1. The first-order valence-corrected chi connectivity index (χ1v) is 8.38. The molecule has 0 aromatic rings. The molecule has 1 aliphatic heterocycles. The first kappa shape index (κ1) is 15.8. The summed E-state index contributed by atoms with van der Waals surface area (Å²) in [5.74, 6) is 0.873. The Morgan fingerprint density at radius 2 is 2.00 bits per heavy atom. The molecular weight excluding hydrogens is 248 g/mol. The molecule has 2 rings (SSSR count). The summed E-state index contributed by atoms with van der Waals surface area (Å²) in [6, 6.07) is 1.09. The maximum absolute atomic E-state index is 12.6. The zero-order valence-corrected chi connectivity index (χ0v) is 13.7. The van der Waals surface area contributed by atoms with Crippen molar-refractivity contribution in [2.24, 2.45) is 11.3 Å². The Balaban J connectivity index is 1.83. The molecule has 1 N–H and O–H groups in total. The second-order valence-corrected chi connectivity index (χ2v) is 8.14. The number of carbonyl (C=O) groups is 1. The van der Waals surface area contributed by atoms with E-state index in [0.717, 1.165) is 25.9 Å². The van der Waals surface area contributed by atoms with Crippen LogP contribution >= 0.6 is 0 Å². The Kier molecular flexibility index (Phi) is 5.11. The van der Waals surface area contributed by atoms with Gasteiger partial charge in [0.05, 0.1) is 0 Å². The quantitative estimate of drug-likeness (QED) is 0.810. The summed E-state index contributed by atoms with van der Waals surface area (Å²) in [5.41, 5.74) is 0.317. The van der Waals surface area contributed by atoms with Crippen molar-refractivity contribution in [2.75, 3.05) is 13.1 Å². The van der Waals surface area contributed by atoms with Crippen LogP contribution in [0.4, 0.5) is 0 Å². The topological polar surface area (TPSA) is 32.3 Å². The molecular formula is C17H32N2O. The molecule has 0 aromatic carbocycles. The van der Waals surface area contributed by atoms with Crippen LogP contribution in [0.25, 0.3) is 0 Å². The third-order valence-corrected chi connectivity index (χ3v) is 4.37. The molecule has 2 unspecified atom stereocenters. The SMILES string of the molecule is CC(CC(=O)N(CC1CCCN1)C1CC1)CC(C)(C)C. The molecule has 1 saturated carbocycles. The predicted octanol–water partition coefficient (Wildman–Crippen LogP) is 3.19. The zero-order chi connectivity index (χ0) is 14.8. The smallest absolute Gasteiger partial charge is 0.223 e. The average molecular weight is 280 g/mol. The van der Waals surface area contributed by atoms with Crippen molar-refractivity contribution >= 4 is 5.91 Å². The standard InChI is InChI=1S/C17H32N2O/c1-13(11-17(2,3)4)10-16(20)19(15-7-8-15)12-14-6-5-9-18-14/h13-15,18H,5-12H2,1-4H3. The van der Waals surface area contributed by atoms with Gasteiger partial charge in [-0.2, -0.15) is 0 Å². The molecule has 20 heavy (non-hydrogen) atoms. The molecule has 0 bridgehead atoms. The van der Waals surface area contributed by atoms with Gasteiger partial charge in [-0.3, -0.25) is 4.79 Å². The molecule has 2 atom stereocenters. The van der Waals surface area contributed by atoms with Crippen molar-refractivity contribution in [3.05, 3.63) is 0 Å². The fourth-order valence-corrected chi connectivity index (χ4v) is 3.52. The van der Waals surface area contributed by atoms with Gasteiger partial charge in [0.2, 0.25) is 5.91 Å². The van der Waals surface area contributed by atoms with Crippen LogP contribution in [-0.2, 0) is 4.79 Å². The van der Waals surface area contributed by atoms with E-state index in [0.29, 0.717) is 29.3 Å². The van der Waals surface area contributed by atoms with E-state index in [-0.39, 0.29) is 0 Å². The highest BCUT2D eigenvalue weighted by atomic mass is 16.2. The molecule has 0 spiro atoms. The number of nitrogens with one attached hydrogen (secondary N) is 1. The molecule has 0 radical (unpaired) electrons. The maximum atomic E-state index is 12.6. The van der Waals surface area contributed by atoms with Gasteiger partial charge in [-0.25, -0.2) is 0 Å². The largest absolute Gasteiger partial charge is 0.338 e. The molecule has 1 heterocycles. The lowest BCUT2D eigenvalue weighted by Gasteiger charge is -2.29.